The van der Waals surface area contributed by atoms with Crippen molar-refractivity contribution in [3.05, 3.63) is 36.5 Å². The number of unbranched alkanes of at least 4 members (excludes halogenated alkanes) is 56. The van der Waals surface area contributed by atoms with Crippen molar-refractivity contribution < 1.29 is 89.4 Å². The fourth-order valence-corrected chi connectivity index (χ4v) is 15.8. The number of hydrogen-bond donors (Lipinski definition) is 12. The predicted molar refractivity (Wildman–Crippen MR) is 443 cm³/mol. The molecule has 17 atom stereocenters. The first-order valence-corrected chi connectivity index (χ1v) is 46.2. The second-order valence-corrected chi connectivity index (χ2v) is 33.1. The van der Waals surface area contributed by atoms with Crippen LogP contribution in [0.25, 0.3) is 0 Å². The zero-order valence-corrected chi connectivity index (χ0v) is 70.0. The second kappa shape index (κ2) is 71.1. The number of rotatable bonds is 76. The van der Waals surface area contributed by atoms with Gasteiger partial charge >= 0.3 is 0 Å². The van der Waals surface area contributed by atoms with Gasteiger partial charge in [0.2, 0.25) is 5.91 Å². The van der Waals surface area contributed by atoms with Crippen molar-refractivity contribution in [2.45, 2.75) is 510 Å². The van der Waals surface area contributed by atoms with Crippen molar-refractivity contribution in [2.75, 3.05) is 26.4 Å². The highest BCUT2D eigenvalue weighted by Crippen LogP contribution is 2.34. The van der Waals surface area contributed by atoms with Gasteiger partial charge in [-0.25, -0.2) is 0 Å². The van der Waals surface area contributed by atoms with Crippen LogP contribution in [0.5, 0.6) is 0 Å². The molecule has 3 saturated heterocycles. The molecule has 12 N–H and O–H groups in total. The molecule has 0 aromatic heterocycles. The van der Waals surface area contributed by atoms with Gasteiger partial charge in [0.25, 0.3) is 0 Å². The summed E-state index contributed by atoms with van der Waals surface area (Å²) in [5, 5.41) is 121. The fourth-order valence-electron chi connectivity index (χ4n) is 15.8. The number of allylic oxidation sites excluding steroid dienone is 5. The average Bonchev–Trinajstić information content (AvgIpc) is 0.779. The van der Waals surface area contributed by atoms with Crippen molar-refractivity contribution in [3.8, 4) is 0 Å². The molecule has 3 rings (SSSR count). The van der Waals surface area contributed by atoms with E-state index in [4.69, 9.17) is 28.4 Å². The lowest BCUT2D eigenvalue weighted by Gasteiger charge is -2.48. The number of aliphatic hydroxyl groups excluding tert-OH is 11. The molecule has 0 aromatic rings. The monoisotopic (exact) mass is 1570 g/mol. The van der Waals surface area contributed by atoms with Gasteiger partial charge in [-0.2, -0.15) is 0 Å². The highest BCUT2D eigenvalue weighted by atomic mass is 16.8. The Labute approximate surface area is 670 Å². The van der Waals surface area contributed by atoms with E-state index in [1.807, 2.05) is 6.08 Å². The van der Waals surface area contributed by atoms with Gasteiger partial charge in [-0.15, -0.1) is 0 Å². The normalized spacial score (nSPS) is 25.3. The molecule has 3 aliphatic heterocycles. The van der Waals surface area contributed by atoms with Crippen LogP contribution in [0.3, 0.4) is 0 Å². The molecule has 1 amide bonds. The van der Waals surface area contributed by atoms with Gasteiger partial charge in [-0.3, -0.25) is 4.79 Å². The van der Waals surface area contributed by atoms with Crippen LogP contribution in [0.2, 0.25) is 0 Å². The zero-order chi connectivity index (χ0) is 79.5. The molecule has 648 valence electrons. The molecule has 19 heteroatoms. The third-order valence-corrected chi connectivity index (χ3v) is 23.2. The molecular weight excluding hydrogens is 1390 g/mol. The van der Waals surface area contributed by atoms with E-state index in [0.717, 1.165) is 44.9 Å². The molecule has 110 heavy (non-hydrogen) atoms. The van der Waals surface area contributed by atoms with Crippen LogP contribution in [0.1, 0.15) is 406 Å². The summed E-state index contributed by atoms with van der Waals surface area (Å²) in [6.07, 6.45) is 64.6. The molecule has 3 aliphatic rings. The summed E-state index contributed by atoms with van der Waals surface area (Å²) in [5.41, 5.74) is 0. The van der Waals surface area contributed by atoms with Gasteiger partial charge < -0.3 is 89.9 Å². The van der Waals surface area contributed by atoms with Crippen LogP contribution in [-0.4, -0.2) is 193 Å². The maximum absolute atomic E-state index is 13.5. The fraction of sp³-hybridized carbons (Fsp3) is 0.923. The number of carbonyl (C=O) groups is 1. The SMILES string of the molecule is CCCCCCCCCCCCCCCCCCCCCCCC/C=C/CC/C=C/CC/C=C/C(O)C(COC1OC(CO)C(OC2OC(CO)C(OC3OC(CO)C(O)C(O)C3O)C(O)C2O)C(O)C1O)NC(=O)CCCCCCCCCCCCCCCCCCCCCCCCCCCCCCCCCCC. The number of aliphatic hydroxyl groups is 11. The molecule has 3 heterocycles. The Morgan fingerprint density at radius 1 is 0.318 bits per heavy atom. The van der Waals surface area contributed by atoms with Gasteiger partial charge in [-0.1, -0.05) is 391 Å². The van der Waals surface area contributed by atoms with Gasteiger partial charge in [0.05, 0.1) is 38.6 Å². The first-order chi connectivity index (χ1) is 53.8. The quantitative estimate of drug-likeness (QED) is 0.0199. The van der Waals surface area contributed by atoms with Crippen molar-refractivity contribution >= 4 is 5.91 Å². The number of hydrogen-bond acceptors (Lipinski definition) is 18. The maximum Gasteiger partial charge on any atom is 0.220 e. The van der Waals surface area contributed by atoms with E-state index >= 15 is 0 Å². The minimum Gasteiger partial charge on any atom is -0.394 e. The predicted octanol–water partition coefficient (Wildman–Crippen LogP) is 17.8. The molecule has 0 aromatic carbocycles. The number of ether oxygens (including phenoxy) is 6. The van der Waals surface area contributed by atoms with E-state index in [1.165, 1.54) is 327 Å². The molecular formula is C91H171NO18. The van der Waals surface area contributed by atoms with Crippen LogP contribution in [-0.2, 0) is 33.2 Å². The lowest BCUT2D eigenvalue weighted by Crippen LogP contribution is -2.66. The van der Waals surface area contributed by atoms with Crippen molar-refractivity contribution in [1.29, 1.82) is 0 Å². The summed E-state index contributed by atoms with van der Waals surface area (Å²) in [6, 6.07) is -0.997. The standard InChI is InChI=1S/C91H171NO18/c1-3-5-7-9-11-13-15-17-19-21-23-25-27-29-31-33-35-37-39-41-43-45-47-49-51-53-55-57-59-61-63-65-67-69-79(97)92-74(75(96)68-66-64-62-60-58-56-54-52-50-48-46-44-42-40-38-36-34-32-30-28-26-24-22-20-18-16-14-12-10-8-6-4-2)73-105-89-85(103)82(100)87(77(71-94)107-89)110-91-86(104)83(101)88(78(72-95)108-91)109-90-84(102)81(99)80(98)76(70-93)106-90/h50,52,58,60,66,68,74-78,80-91,93-96,98-104H,3-49,51,53-57,59,61-65,67,69-73H2,1-2H3,(H,92,97)/b52-50+,60-58+,68-66+. The van der Waals surface area contributed by atoms with Gasteiger partial charge in [-0.05, 0) is 44.9 Å². The average molecular weight is 1570 g/mol. The maximum atomic E-state index is 13.5. The largest absolute Gasteiger partial charge is 0.394 e. The molecule has 3 fully saturated rings. The minimum atomic E-state index is -1.98. The summed E-state index contributed by atoms with van der Waals surface area (Å²) < 4.78 is 34.5. The van der Waals surface area contributed by atoms with E-state index in [2.05, 4.69) is 43.5 Å². The highest BCUT2D eigenvalue weighted by molar-refractivity contribution is 5.76. The Balaban J connectivity index is 1.33. The Morgan fingerprint density at radius 3 is 0.909 bits per heavy atom. The Hall–Kier alpha value is -1.99. The van der Waals surface area contributed by atoms with E-state index < -0.39 is 124 Å². The molecule has 0 saturated carbocycles. The smallest absolute Gasteiger partial charge is 0.220 e. The van der Waals surface area contributed by atoms with Crippen molar-refractivity contribution in [3.63, 3.8) is 0 Å². The number of amides is 1. The summed E-state index contributed by atoms with van der Waals surface area (Å²) in [7, 11) is 0. The van der Waals surface area contributed by atoms with Crippen molar-refractivity contribution in [1.82, 2.24) is 5.32 Å². The Bertz CT molecular complexity index is 2120. The molecule has 0 radical (unpaired) electrons. The van der Waals surface area contributed by atoms with Gasteiger partial charge in [0, 0.05) is 6.42 Å². The first kappa shape index (κ1) is 102. The molecule has 0 spiro atoms. The van der Waals surface area contributed by atoms with Crippen LogP contribution in [0.4, 0.5) is 0 Å². The van der Waals surface area contributed by atoms with E-state index in [-0.39, 0.29) is 18.9 Å². The first-order valence-electron chi connectivity index (χ1n) is 46.2. The zero-order valence-electron chi connectivity index (χ0n) is 70.0. The third kappa shape index (κ3) is 49.3. The topological polar surface area (TPSA) is 307 Å². The van der Waals surface area contributed by atoms with Crippen LogP contribution >= 0.6 is 0 Å². The second-order valence-electron chi connectivity index (χ2n) is 33.1. The summed E-state index contributed by atoms with van der Waals surface area (Å²) in [5.74, 6) is -0.281. The molecule has 0 bridgehead atoms. The summed E-state index contributed by atoms with van der Waals surface area (Å²) in [4.78, 5) is 13.5. The Kier molecular flexibility index (Phi) is 66.1. The molecule has 19 nitrogen and oxygen atoms in total. The van der Waals surface area contributed by atoms with Gasteiger partial charge in [0.15, 0.2) is 18.9 Å². The van der Waals surface area contributed by atoms with Gasteiger partial charge in [0.1, 0.15) is 73.2 Å². The molecule has 0 aliphatic carbocycles. The van der Waals surface area contributed by atoms with E-state index in [0.29, 0.717) is 12.8 Å². The third-order valence-electron chi connectivity index (χ3n) is 23.2. The van der Waals surface area contributed by atoms with Crippen LogP contribution in [0, 0.1) is 0 Å². The van der Waals surface area contributed by atoms with Crippen LogP contribution < -0.4 is 5.32 Å². The summed E-state index contributed by atoms with van der Waals surface area (Å²) in [6.45, 7) is 1.79. The van der Waals surface area contributed by atoms with Crippen LogP contribution in [0.15, 0.2) is 36.5 Å². The van der Waals surface area contributed by atoms with E-state index in [1.54, 1.807) is 6.08 Å². The lowest BCUT2D eigenvalue weighted by atomic mass is 9.96. The van der Waals surface area contributed by atoms with E-state index in [9.17, 15) is 61.0 Å². The summed E-state index contributed by atoms with van der Waals surface area (Å²) >= 11 is 0. The highest BCUT2D eigenvalue weighted by Gasteiger charge is 2.54. The minimum absolute atomic E-state index is 0.237. The van der Waals surface area contributed by atoms with Crippen molar-refractivity contribution in [2.24, 2.45) is 0 Å². The lowest BCUT2D eigenvalue weighted by molar-refractivity contribution is -0.379. The molecule has 17 unspecified atom stereocenters. The number of nitrogens with one attached hydrogen (secondary N) is 1. The Morgan fingerprint density at radius 2 is 0.582 bits per heavy atom. The number of carbonyl (C=O) groups excluding carboxylic acids is 1.